The van der Waals surface area contributed by atoms with Gasteiger partial charge in [-0.05, 0) is 105 Å². The van der Waals surface area contributed by atoms with Gasteiger partial charge in [0.15, 0.2) is 0 Å². The van der Waals surface area contributed by atoms with Crippen LogP contribution in [0, 0.1) is 0 Å². The van der Waals surface area contributed by atoms with Crippen molar-refractivity contribution in [1.29, 1.82) is 0 Å². The highest BCUT2D eigenvalue weighted by Gasteiger charge is 2.41. The third-order valence-electron chi connectivity index (χ3n) is 14.0. The highest BCUT2D eigenvalue weighted by Crippen LogP contribution is 2.52. The topological polar surface area (TPSA) is 13.1 Å². The minimum atomic E-state index is -0.133. The van der Waals surface area contributed by atoms with Crippen molar-refractivity contribution in [1.82, 2.24) is 9.13 Å². The maximum absolute atomic E-state index is 2.49. The average molecular weight is 798 g/mol. The van der Waals surface area contributed by atoms with Gasteiger partial charge in [-0.15, -0.1) is 0 Å². The second kappa shape index (κ2) is 13.6. The van der Waals surface area contributed by atoms with E-state index in [0.717, 1.165) is 23.5 Å². The van der Waals surface area contributed by atoms with Crippen molar-refractivity contribution in [2.45, 2.75) is 44.9 Å². The molecule has 12 rings (SSSR count). The van der Waals surface area contributed by atoms with E-state index in [-0.39, 0.29) is 10.8 Å². The fraction of sp³-hybridized carbons (Fsp3) is 0.119. The van der Waals surface area contributed by atoms with Gasteiger partial charge in [-0.1, -0.05) is 167 Å². The van der Waals surface area contributed by atoms with Crippen molar-refractivity contribution in [2.24, 2.45) is 0 Å². The van der Waals surface area contributed by atoms with Crippen LogP contribution in [0.2, 0.25) is 0 Å². The molecule has 0 radical (unpaired) electrons. The van der Waals surface area contributed by atoms with E-state index in [1.54, 1.807) is 0 Å². The van der Waals surface area contributed by atoms with E-state index in [4.69, 9.17) is 0 Å². The summed E-state index contributed by atoms with van der Waals surface area (Å²) in [6.45, 7) is 9.48. The lowest BCUT2D eigenvalue weighted by molar-refractivity contribution is 0.639. The van der Waals surface area contributed by atoms with Gasteiger partial charge in [0.05, 0.1) is 16.7 Å². The number of nitrogens with zero attached hydrogens (tertiary/aromatic N) is 3. The number of benzene rings is 7. The van der Waals surface area contributed by atoms with Crippen molar-refractivity contribution in [3.8, 4) is 39.1 Å². The van der Waals surface area contributed by atoms with Gasteiger partial charge in [-0.2, -0.15) is 0 Å². The quantitative estimate of drug-likeness (QED) is 0.163. The number of fused-ring (bicyclic) bond motifs is 9. The first-order chi connectivity index (χ1) is 30.3. The fourth-order valence-electron chi connectivity index (χ4n) is 10.9. The summed E-state index contributed by atoms with van der Waals surface area (Å²) < 4.78 is 4.98. The van der Waals surface area contributed by atoms with Gasteiger partial charge < -0.3 is 14.0 Å². The van der Waals surface area contributed by atoms with E-state index < -0.39 is 0 Å². The molecule has 0 amide bonds. The fourth-order valence-corrected chi connectivity index (χ4v) is 10.9. The van der Waals surface area contributed by atoms with E-state index in [0.29, 0.717) is 0 Å². The van der Waals surface area contributed by atoms with E-state index in [1.807, 2.05) is 0 Å². The summed E-state index contributed by atoms with van der Waals surface area (Å²) in [7, 11) is 0. The molecule has 0 bridgehead atoms. The molecule has 0 saturated heterocycles. The molecular weight excluding hydrogens is 751 g/mol. The summed E-state index contributed by atoms with van der Waals surface area (Å²) in [6, 6.07) is 62.7. The summed E-state index contributed by atoms with van der Waals surface area (Å²) >= 11 is 0. The van der Waals surface area contributed by atoms with Crippen LogP contribution in [0.3, 0.4) is 0 Å². The Balaban J connectivity index is 0.921. The molecule has 1 aliphatic heterocycles. The number of aromatic nitrogens is 2. The summed E-state index contributed by atoms with van der Waals surface area (Å²) in [4.78, 5) is 2.40. The van der Waals surface area contributed by atoms with Crippen molar-refractivity contribution < 1.29 is 0 Å². The first-order valence-corrected chi connectivity index (χ1v) is 21.9. The lowest BCUT2D eigenvalue weighted by Crippen LogP contribution is -2.17. The van der Waals surface area contributed by atoms with Gasteiger partial charge in [0.2, 0.25) is 0 Å². The Morgan fingerprint density at radius 1 is 0.500 bits per heavy atom. The van der Waals surface area contributed by atoms with Gasteiger partial charge in [-0.3, -0.25) is 0 Å². The molecule has 2 aliphatic carbocycles. The zero-order chi connectivity index (χ0) is 41.7. The molecule has 0 spiro atoms. The van der Waals surface area contributed by atoms with E-state index in [9.17, 15) is 0 Å². The van der Waals surface area contributed by atoms with Gasteiger partial charge in [0, 0.05) is 62.7 Å². The predicted octanol–water partition coefficient (Wildman–Crippen LogP) is 15.7. The van der Waals surface area contributed by atoms with Gasteiger partial charge >= 0.3 is 0 Å². The second-order valence-corrected chi connectivity index (χ2v) is 18.2. The van der Waals surface area contributed by atoms with Crippen LogP contribution in [0.25, 0.3) is 66.6 Å². The number of rotatable bonds is 6. The predicted molar refractivity (Wildman–Crippen MR) is 261 cm³/mol. The molecule has 0 N–H and O–H groups in total. The number of allylic oxidation sites excluding steroid dienone is 6. The molecule has 3 aliphatic rings. The van der Waals surface area contributed by atoms with Crippen LogP contribution < -0.4 is 4.90 Å². The largest absolute Gasteiger partial charge is 0.320 e. The molecule has 0 fully saturated rings. The number of hydrogen-bond acceptors (Lipinski definition) is 1. The molecule has 298 valence electrons. The molecule has 0 atom stereocenters. The standard InChI is InChI=1S/C59H47N3/c1-58(2)51-19-13-11-17-47(51)48-36-35-46(37-53(48)58)61(43-29-23-40(24-30-43)39-15-7-5-8-16-39)44-31-25-41(26-32-44)42-27-33-45(34-28-42)62-54-21-14-12-18-49(54)50-38-60-55-22-10-6-9-20-52(55)59(3,4)57(60)56(50)62/h5-21,23-38H,22H2,1-4H3. The van der Waals surface area contributed by atoms with Crippen molar-refractivity contribution >= 4 is 44.6 Å². The molecule has 3 heterocycles. The Bertz CT molecular complexity index is 3330. The minimum Gasteiger partial charge on any atom is -0.320 e. The maximum atomic E-state index is 2.49. The SMILES string of the molecule is CC1(C)C2=C(CC=CC=C2)n2cc3c4ccccc4n(-c4ccc(-c5ccc(N(c6ccc(-c7ccccc7)cc6)c6ccc7c(c6)C(C)(C)c6ccccc6-7)cc5)cc4)c3c21. The van der Waals surface area contributed by atoms with Crippen LogP contribution in [0.15, 0.2) is 206 Å². The normalized spacial score (nSPS) is 15.4. The van der Waals surface area contributed by atoms with Crippen LogP contribution in [0.1, 0.15) is 50.9 Å². The van der Waals surface area contributed by atoms with E-state index >= 15 is 0 Å². The van der Waals surface area contributed by atoms with E-state index in [2.05, 4.69) is 242 Å². The molecule has 3 heteroatoms. The van der Waals surface area contributed by atoms with E-state index in [1.165, 1.54) is 89.0 Å². The summed E-state index contributed by atoms with van der Waals surface area (Å²) in [6.07, 6.45) is 12.3. The smallest absolute Gasteiger partial charge is 0.0763 e. The third kappa shape index (κ3) is 5.37. The first kappa shape index (κ1) is 36.5. The number of anilines is 3. The van der Waals surface area contributed by atoms with Gasteiger partial charge in [-0.25, -0.2) is 0 Å². The molecule has 0 saturated carbocycles. The van der Waals surface area contributed by atoms with Crippen LogP contribution in [0.4, 0.5) is 17.1 Å². The first-order valence-electron chi connectivity index (χ1n) is 21.9. The highest BCUT2D eigenvalue weighted by atomic mass is 15.1. The minimum absolute atomic E-state index is 0.0951. The Morgan fingerprint density at radius 3 is 1.82 bits per heavy atom. The molecular formula is C59H47N3. The number of para-hydroxylation sites is 1. The number of hydrogen-bond donors (Lipinski definition) is 0. The summed E-state index contributed by atoms with van der Waals surface area (Å²) in [5, 5.41) is 2.60. The molecule has 62 heavy (non-hydrogen) atoms. The third-order valence-corrected chi connectivity index (χ3v) is 14.0. The molecule has 7 aromatic carbocycles. The maximum Gasteiger partial charge on any atom is 0.0763 e. The second-order valence-electron chi connectivity index (χ2n) is 18.2. The van der Waals surface area contributed by atoms with Crippen molar-refractivity contribution in [2.75, 3.05) is 4.90 Å². The molecule has 9 aromatic rings. The lowest BCUT2D eigenvalue weighted by atomic mass is 9.81. The Morgan fingerprint density at radius 2 is 1.10 bits per heavy atom. The lowest BCUT2D eigenvalue weighted by Gasteiger charge is -2.28. The van der Waals surface area contributed by atoms with Crippen molar-refractivity contribution in [3.63, 3.8) is 0 Å². The monoisotopic (exact) mass is 797 g/mol. The van der Waals surface area contributed by atoms with Crippen LogP contribution in [-0.4, -0.2) is 9.13 Å². The molecule has 3 nitrogen and oxygen atoms in total. The summed E-state index contributed by atoms with van der Waals surface area (Å²) in [5.41, 5.74) is 21.2. The Labute approximate surface area is 363 Å². The van der Waals surface area contributed by atoms with Crippen LogP contribution in [-0.2, 0) is 10.8 Å². The zero-order valence-corrected chi connectivity index (χ0v) is 35.6. The zero-order valence-electron chi connectivity index (χ0n) is 35.6. The Hall–Kier alpha value is -7.36. The molecule has 0 unspecified atom stereocenters. The van der Waals surface area contributed by atoms with Gasteiger partial charge in [0.25, 0.3) is 0 Å². The summed E-state index contributed by atoms with van der Waals surface area (Å²) in [5.74, 6) is 0. The molecule has 2 aromatic heterocycles. The van der Waals surface area contributed by atoms with Gasteiger partial charge in [0.1, 0.15) is 0 Å². The average Bonchev–Trinajstić information content (AvgIpc) is 3.89. The van der Waals surface area contributed by atoms with Crippen molar-refractivity contribution in [3.05, 3.63) is 223 Å². The highest BCUT2D eigenvalue weighted by molar-refractivity contribution is 6.12. The Kier molecular flexibility index (Phi) is 7.99. The van der Waals surface area contributed by atoms with Crippen LogP contribution >= 0.6 is 0 Å². The van der Waals surface area contributed by atoms with Crippen LogP contribution in [0.5, 0.6) is 0 Å².